The molecule has 0 aromatic carbocycles. The van der Waals surface area contributed by atoms with Gasteiger partial charge in [0.2, 0.25) is 11.7 Å². The SMILES string of the molecule is CN(C)C(=O)C1=NNC(C(=O)N(C)C)=NN1. The highest BCUT2D eigenvalue weighted by atomic mass is 16.2. The Balaban J connectivity index is 2.66. The lowest BCUT2D eigenvalue weighted by Crippen LogP contribution is -2.47. The van der Waals surface area contributed by atoms with Crippen LogP contribution in [0.25, 0.3) is 0 Å². The van der Waals surface area contributed by atoms with Crippen LogP contribution in [0.5, 0.6) is 0 Å². The first-order chi connectivity index (χ1) is 7.43. The molecule has 0 unspecified atom stereocenters. The van der Waals surface area contributed by atoms with E-state index in [1.807, 2.05) is 0 Å². The van der Waals surface area contributed by atoms with Crippen LogP contribution in [-0.2, 0) is 9.59 Å². The third kappa shape index (κ3) is 2.47. The standard InChI is InChI=1S/C8H14N6O2/c1-13(2)7(15)5-9-11-6(12-10-5)8(16)14(3)4/h1-4H3,(H,9,10)(H,11,12). The molecule has 8 heteroatoms. The Morgan fingerprint density at radius 3 is 1.38 bits per heavy atom. The van der Waals surface area contributed by atoms with Crippen molar-refractivity contribution in [2.45, 2.75) is 0 Å². The Morgan fingerprint density at radius 2 is 1.19 bits per heavy atom. The van der Waals surface area contributed by atoms with Gasteiger partial charge in [-0.3, -0.25) is 20.4 Å². The predicted molar refractivity (Wildman–Crippen MR) is 58.5 cm³/mol. The van der Waals surface area contributed by atoms with Crippen LogP contribution < -0.4 is 10.9 Å². The lowest BCUT2D eigenvalue weighted by atomic mass is 10.5. The molecular weight excluding hydrogens is 212 g/mol. The highest BCUT2D eigenvalue weighted by Crippen LogP contribution is 1.90. The van der Waals surface area contributed by atoms with Gasteiger partial charge in [-0.05, 0) is 0 Å². The summed E-state index contributed by atoms with van der Waals surface area (Å²) in [5.74, 6) is -0.569. The average molecular weight is 226 g/mol. The zero-order chi connectivity index (χ0) is 12.3. The Labute approximate surface area is 93.0 Å². The van der Waals surface area contributed by atoms with Gasteiger partial charge in [0.05, 0.1) is 0 Å². The number of hydrogen-bond donors (Lipinski definition) is 2. The summed E-state index contributed by atoms with van der Waals surface area (Å²) in [5, 5.41) is 7.44. The molecule has 0 aliphatic carbocycles. The van der Waals surface area contributed by atoms with Crippen LogP contribution in [0.15, 0.2) is 10.2 Å². The van der Waals surface area contributed by atoms with Gasteiger partial charge < -0.3 is 9.80 Å². The molecule has 0 saturated carbocycles. The quantitative estimate of drug-likeness (QED) is 0.569. The Hall–Kier alpha value is -2.12. The maximum Gasteiger partial charge on any atom is 0.292 e. The van der Waals surface area contributed by atoms with Crippen molar-refractivity contribution in [2.24, 2.45) is 10.2 Å². The summed E-state index contributed by atoms with van der Waals surface area (Å²) in [7, 11) is 6.38. The van der Waals surface area contributed by atoms with E-state index in [9.17, 15) is 9.59 Å². The molecule has 0 bridgehead atoms. The lowest BCUT2D eigenvalue weighted by molar-refractivity contribution is -0.123. The highest BCUT2D eigenvalue weighted by molar-refractivity contribution is 6.42. The molecule has 0 saturated heterocycles. The van der Waals surface area contributed by atoms with E-state index in [1.165, 1.54) is 9.80 Å². The van der Waals surface area contributed by atoms with Crippen molar-refractivity contribution in [3.63, 3.8) is 0 Å². The molecule has 0 atom stereocenters. The van der Waals surface area contributed by atoms with Crippen molar-refractivity contribution in [2.75, 3.05) is 28.2 Å². The number of carbonyl (C=O) groups is 2. The molecular formula is C8H14N6O2. The van der Waals surface area contributed by atoms with Crippen molar-refractivity contribution in [1.29, 1.82) is 0 Å². The van der Waals surface area contributed by atoms with Crippen LogP contribution in [0.2, 0.25) is 0 Å². The Bertz CT molecular complexity index is 335. The first kappa shape index (κ1) is 12.0. The van der Waals surface area contributed by atoms with Crippen LogP contribution in [-0.4, -0.2) is 61.5 Å². The van der Waals surface area contributed by atoms with E-state index in [-0.39, 0.29) is 23.5 Å². The van der Waals surface area contributed by atoms with E-state index in [2.05, 4.69) is 21.1 Å². The Kier molecular flexibility index (Phi) is 3.44. The van der Waals surface area contributed by atoms with E-state index < -0.39 is 0 Å². The molecule has 1 rings (SSSR count). The van der Waals surface area contributed by atoms with Crippen LogP contribution in [0.1, 0.15) is 0 Å². The van der Waals surface area contributed by atoms with Crippen LogP contribution in [0, 0.1) is 0 Å². The molecule has 1 heterocycles. The fourth-order valence-corrected chi connectivity index (χ4v) is 0.883. The summed E-state index contributed by atoms with van der Waals surface area (Å²) in [4.78, 5) is 25.6. The van der Waals surface area contributed by atoms with E-state index in [0.717, 1.165) is 0 Å². The zero-order valence-corrected chi connectivity index (χ0v) is 9.61. The molecule has 8 nitrogen and oxygen atoms in total. The number of hydrogen-bond acceptors (Lipinski definition) is 6. The number of carbonyl (C=O) groups excluding carboxylic acids is 2. The Morgan fingerprint density at radius 1 is 0.875 bits per heavy atom. The van der Waals surface area contributed by atoms with Crippen molar-refractivity contribution >= 4 is 23.5 Å². The number of rotatable bonds is 2. The fourth-order valence-electron chi connectivity index (χ4n) is 0.883. The summed E-state index contributed by atoms with van der Waals surface area (Å²) in [6.45, 7) is 0. The van der Waals surface area contributed by atoms with Crippen LogP contribution in [0.4, 0.5) is 0 Å². The minimum absolute atomic E-state index is 0.0420. The molecule has 0 radical (unpaired) electrons. The summed E-state index contributed by atoms with van der Waals surface area (Å²) in [6.07, 6.45) is 0. The summed E-state index contributed by atoms with van der Waals surface area (Å²) >= 11 is 0. The van der Waals surface area contributed by atoms with Crippen LogP contribution in [0.3, 0.4) is 0 Å². The van der Waals surface area contributed by atoms with Crippen molar-refractivity contribution in [3.05, 3.63) is 0 Å². The molecule has 16 heavy (non-hydrogen) atoms. The summed E-state index contributed by atoms with van der Waals surface area (Å²) < 4.78 is 0. The smallest absolute Gasteiger partial charge is 0.292 e. The maximum atomic E-state index is 11.4. The van der Waals surface area contributed by atoms with E-state index >= 15 is 0 Å². The first-order valence-electron chi connectivity index (χ1n) is 4.54. The van der Waals surface area contributed by atoms with Gasteiger partial charge in [-0.2, -0.15) is 0 Å². The number of amidine groups is 2. The molecule has 0 aromatic rings. The second-order valence-corrected chi connectivity index (χ2v) is 3.54. The largest absolute Gasteiger partial charge is 0.342 e. The minimum atomic E-state index is -0.326. The number of hydrazone groups is 2. The summed E-state index contributed by atoms with van der Waals surface area (Å²) in [6, 6.07) is 0. The molecule has 1 aliphatic heterocycles. The number of amides is 2. The van der Waals surface area contributed by atoms with Crippen molar-refractivity contribution in [1.82, 2.24) is 20.7 Å². The van der Waals surface area contributed by atoms with Gasteiger partial charge in [0.25, 0.3) is 11.8 Å². The zero-order valence-electron chi connectivity index (χ0n) is 9.61. The molecule has 0 spiro atoms. The van der Waals surface area contributed by atoms with Gasteiger partial charge in [0.15, 0.2) is 0 Å². The second-order valence-electron chi connectivity index (χ2n) is 3.54. The topological polar surface area (TPSA) is 89.4 Å². The van der Waals surface area contributed by atoms with Crippen molar-refractivity contribution in [3.8, 4) is 0 Å². The normalized spacial score (nSPS) is 14.0. The molecule has 0 aromatic heterocycles. The van der Waals surface area contributed by atoms with E-state index in [4.69, 9.17) is 0 Å². The van der Waals surface area contributed by atoms with Gasteiger partial charge in [-0.15, -0.1) is 10.2 Å². The second kappa shape index (κ2) is 4.60. The third-order valence-corrected chi connectivity index (χ3v) is 1.76. The summed E-state index contributed by atoms with van der Waals surface area (Å²) in [5.41, 5.74) is 4.85. The third-order valence-electron chi connectivity index (χ3n) is 1.76. The molecule has 88 valence electrons. The highest BCUT2D eigenvalue weighted by Gasteiger charge is 2.21. The van der Waals surface area contributed by atoms with Crippen LogP contribution >= 0.6 is 0 Å². The molecule has 0 fully saturated rings. The van der Waals surface area contributed by atoms with Gasteiger partial charge in [-0.25, -0.2) is 0 Å². The first-order valence-corrected chi connectivity index (χ1v) is 4.54. The monoisotopic (exact) mass is 226 g/mol. The minimum Gasteiger partial charge on any atom is -0.342 e. The average Bonchev–Trinajstić information content (AvgIpc) is 2.27. The van der Waals surface area contributed by atoms with Gasteiger partial charge >= 0.3 is 0 Å². The van der Waals surface area contributed by atoms with E-state index in [0.29, 0.717) is 0 Å². The van der Waals surface area contributed by atoms with Gasteiger partial charge in [-0.1, -0.05) is 0 Å². The fraction of sp³-hybridized carbons (Fsp3) is 0.500. The lowest BCUT2D eigenvalue weighted by Gasteiger charge is -2.18. The van der Waals surface area contributed by atoms with E-state index in [1.54, 1.807) is 28.2 Å². The number of likely N-dealkylation sites (N-methyl/N-ethyl adjacent to an activating group) is 2. The molecule has 2 N–H and O–H groups in total. The molecule has 1 aliphatic rings. The predicted octanol–water partition coefficient (Wildman–Crippen LogP) is -2.02. The molecule has 2 amide bonds. The maximum absolute atomic E-state index is 11.4. The van der Waals surface area contributed by atoms with Crippen molar-refractivity contribution < 1.29 is 9.59 Å². The number of nitrogens with zero attached hydrogens (tertiary/aromatic N) is 4. The van der Waals surface area contributed by atoms with Gasteiger partial charge in [0.1, 0.15) is 0 Å². The number of nitrogens with one attached hydrogen (secondary N) is 2. The van der Waals surface area contributed by atoms with Gasteiger partial charge in [0, 0.05) is 28.2 Å².